The van der Waals surface area contributed by atoms with Crippen LogP contribution in [0.5, 0.6) is 0 Å². The first kappa shape index (κ1) is 24.6. The molecule has 0 heterocycles. The number of thioether (sulfide) groups is 1. The Kier molecular flexibility index (Phi) is 19.6. The average Bonchev–Trinajstić information content (AvgIpc) is 2.58. The van der Waals surface area contributed by atoms with Gasteiger partial charge in [-0.2, -0.15) is 11.8 Å². The number of unbranched alkanes of at least 4 members (excludes halogenated alkanes) is 9. The summed E-state index contributed by atoms with van der Waals surface area (Å²) >= 11 is 1.99. The first-order valence-corrected chi connectivity index (χ1v) is 11.5. The molecule has 150 valence electrons. The van der Waals surface area contributed by atoms with E-state index in [2.05, 4.69) is 12.2 Å². The van der Waals surface area contributed by atoms with Crippen LogP contribution in [0.4, 0.5) is 4.79 Å². The monoisotopic (exact) mass is 374 g/mol. The van der Waals surface area contributed by atoms with Crippen molar-refractivity contribution in [3.05, 3.63) is 0 Å². The van der Waals surface area contributed by atoms with E-state index < -0.39 is 0 Å². The summed E-state index contributed by atoms with van der Waals surface area (Å²) in [5, 5.41) is 2.75. The maximum atomic E-state index is 11.4. The molecular weight excluding hydrogens is 332 g/mol. The summed E-state index contributed by atoms with van der Waals surface area (Å²) in [6, 6.07) is 0. The van der Waals surface area contributed by atoms with Crippen molar-refractivity contribution >= 4 is 17.9 Å². The number of ether oxygens (including phenoxy) is 1. The highest BCUT2D eigenvalue weighted by Crippen LogP contribution is 2.12. The van der Waals surface area contributed by atoms with Gasteiger partial charge in [0.25, 0.3) is 0 Å². The Balaban J connectivity index is 3.10. The highest BCUT2D eigenvalue weighted by molar-refractivity contribution is 7.99. The minimum atomic E-state index is -0.290. The van der Waals surface area contributed by atoms with Gasteiger partial charge in [-0.1, -0.05) is 64.7 Å². The molecule has 0 rings (SSSR count). The van der Waals surface area contributed by atoms with Crippen LogP contribution in [0.3, 0.4) is 0 Å². The lowest BCUT2D eigenvalue weighted by Gasteiger charge is -2.10. The van der Waals surface area contributed by atoms with E-state index in [1.54, 1.807) is 0 Å². The molecule has 0 spiro atoms. The number of hydrogen-bond acceptors (Lipinski definition) is 4. The molecule has 4 nitrogen and oxygen atoms in total. The Labute approximate surface area is 160 Å². The second-order valence-corrected chi connectivity index (χ2v) is 8.24. The third-order valence-electron chi connectivity index (χ3n) is 4.14. The standard InChI is InChI=1S/C20H42N2O2S/c1-4-5-6-7-8-9-10-11-12-13-18-25-19-14-17-24-20(23)21-15-16-22(2)3/h4-19H2,1-3H3,(H,21,23). The molecule has 1 N–H and O–H groups in total. The fraction of sp³-hybridized carbons (Fsp3) is 0.950. The largest absolute Gasteiger partial charge is 0.450 e. The summed E-state index contributed by atoms with van der Waals surface area (Å²) in [6.45, 7) is 4.28. The highest BCUT2D eigenvalue weighted by Gasteiger charge is 2.01. The van der Waals surface area contributed by atoms with Crippen molar-refractivity contribution < 1.29 is 9.53 Å². The highest BCUT2D eigenvalue weighted by atomic mass is 32.2. The predicted molar refractivity (Wildman–Crippen MR) is 112 cm³/mol. The molecule has 0 saturated heterocycles. The van der Waals surface area contributed by atoms with Gasteiger partial charge in [0.15, 0.2) is 0 Å². The molecule has 0 aliphatic carbocycles. The van der Waals surface area contributed by atoms with Gasteiger partial charge in [0.05, 0.1) is 6.61 Å². The Hall–Kier alpha value is -0.420. The molecule has 25 heavy (non-hydrogen) atoms. The lowest BCUT2D eigenvalue weighted by molar-refractivity contribution is 0.146. The number of likely N-dealkylation sites (N-methyl/N-ethyl adjacent to an activating group) is 1. The van der Waals surface area contributed by atoms with Crippen LogP contribution in [0, 0.1) is 0 Å². The molecule has 5 heteroatoms. The quantitative estimate of drug-likeness (QED) is 0.330. The molecule has 0 aromatic rings. The van der Waals surface area contributed by atoms with Crippen molar-refractivity contribution in [3.63, 3.8) is 0 Å². The van der Waals surface area contributed by atoms with Crippen LogP contribution in [0.2, 0.25) is 0 Å². The zero-order valence-corrected chi connectivity index (χ0v) is 17.8. The van der Waals surface area contributed by atoms with Crippen LogP contribution in [0.15, 0.2) is 0 Å². The van der Waals surface area contributed by atoms with Crippen LogP contribution in [0.25, 0.3) is 0 Å². The first-order chi connectivity index (χ1) is 12.2. The second-order valence-electron chi connectivity index (χ2n) is 7.01. The normalized spacial score (nSPS) is 11.0. The molecule has 0 aliphatic heterocycles. The molecule has 0 aromatic heterocycles. The third kappa shape index (κ3) is 21.5. The van der Waals surface area contributed by atoms with Gasteiger partial charge in [0.2, 0.25) is 0 Å². The van der Waals surface area contributed by atoms with Gasteiger partial charge < -0.3 is 15.0 Å². The summed E-state index contributed by atoms with van der Waals surface area (Å²) in [4.78, 5) is 13.4. The van der Waals surface area contributed by atoms with Crippen molar-refractivity contribution in [2.45, 2.75) is 77.6 Å². The summed E-state index contributed by atoms with van der Waals surface area (Å²) in [6.07, 6.45) is 14.6. The van der Waals surface area contributed by atoms with E-state index in [0.29, 0.717) is 13.2 Å². The van der Waals surface area contributed by atoms with Crippen LogP contribution < -0.4 is 5.32 Å². The number of nitrogens with one attached hydrogen (secondary N) is 1. The van der Waals surface area contributed by atoms with Crippen LogP contribution in [-0.2, 0) is 4.74 Å². The zero-order chi connectivity index (χ0) is 18.6. The number of nitrogens with zero attached hydrogens (tertiary/aromatic N) is 1. The smallest absolute Gasteiger partial charge is 0.407 e. The van der Waals surface area contributed by atoms with Gasteiger partial charge in [0.1, 0.15) is 0 Å². The van der Waals surface area contributed by atoms with E-state index >= 15 is 0 Å². The molecule has 0 bridgehead atoms. The minimum Gasteiger partial charge on any atom is -0.450 e. The fourth-order valence-electron chi connectivity index (χ4n) is 2.55. The molecular formula is C20H42N2O2S. The van der Waals surface area contributed by atoms with Gasteiger partial charge in [0, 0.05) is 13.1 Å². The number of hydrogen-bond donors (Lipinski definition) is 1. The van der Waals surface area contributed by atoms with Crippen molar-refractivity contribution in [2.24, 2.45) is 0 Å². The van der Waals surface area contributed by atoms with E-state index in [9.17, 15) is 4.79 Å². The number of carbonyl (C=O) groups is 1. The first-order valence-electron chi connectivity index (χ1n) is 10.3. The molecule has 1 amide bonds. The van der Waals surface area contributed by atoms with E-state index in [1.807, 2.05) is 30.8 Å². The van der Waals surface area contributed by atoms with Gasteiger partial charge >= 0.3 is 6.09 Å². The van der Waals surface area contributed by atoms with E-state index in [4.69, 9.17) is 4.74 Å². The summed E-state index contributed by atoms with van der Waals surface area (Å²) in [7, 11) is 3.97. The van der Waals surface area contributed by atoms with Crippen molar-refractivity contribution in [1.29, 1.82) is 0 Å². The summed E-state index contributed by atoms with van der Waals surface area (Å²) in [5.74, 6) is 2.33. The van der Waals surface area contributed by atoms with Crippen molar-refractivity contribution in [2.75, 3.05) is 45.3 Å². The Bertz CT molecular complexity index is 289. The predicted octanol–water partition coefficient (Wildman–Crippen LogP) is 5.32. The Morgan fingerprint density at radius 3 is 2.04 bits per heavy atom. The Morgan fingerprint density at radius 1 is 0.880 bits per heavy atom. The lowest BCUT2D eigenvalue weighted by Crippen LogP contribution is -2.31. The van der Waals surface area contributed by atoms with Crippen LogP contribution in [0.1, 0.15) is 77.6 Å². The van der Waals surface area contributed by atoms with E-state index in [-0.39, 0.29) is 6.09 Å². The van der Waals surface area contributed by atoms with Crippen molar-refractivity contribution in [1.82, 2.24) is 10.2 Å². The number of alkyl carbamates (subject to hydrolysis) is 1. The molecule has 0 radical (unpaired) electrons. The molecule has 0 aliphatic rings. The summed E-state index contributed by atoms with van der Waals surface area (Å²) < 4.78 is 5.15. The maximum absolute atomic E-state index is 11.4. The molecule has 0 atom stereocenters. The van der Waals surface area contributed by atoms with E-state index in [0.717, 1.165) is 18.7 Å². The molecule has 0 aromatic carbocycles. The average molecular weight is 375 g/mol. The number of carbonyl (C=O) groups excluding carboxylic acids is 1. The van der Waals surface area contributed by atoms with Gasteiger partial charge in [-0.25, -0.2) is 4.79 Å². The number of rotatable bonds is 18. The zero-order valence-electron chi connectivity index (χ0n) is 17.0. The molecule has 0 fully saturated rings. The van der Waals surface area contributed by atoms with E-state index in [1.165, 1.54) is 70.0 Å². The maximum Gasteiger partial charge on any atom is 0.407 e. The second kappa shape index (κ2) is 19.9. The van der Waals surface area contributed by atoms with Gasteiger partial charge in [-0.3, -0.25) is 0 Å². The van der Waals surface area contributed by atoms with Gasteiger partial charge in [-0.05, 0) is 38.4 Å². The lowest BCUT2D eigenvalue weighted by atomic mass is 10.1. The molecule has 0 unspecified atom stereocenters. The minimum absolute atomic E-state index is 0.290. The van der Waals surface area contributed by atoms with Crippen LogP contribution in [-0.4, -0.2) is 56.3 Å². The third-order valence-corrected chi connectivity index (χ3v) is 5.29. The number of amides is 1. The Morgan fingerprint density at radius 2 is 1.44 bits per heavy atom. The van der Waals surface area contributed by atoms with Crippen LogP contribution >= 0.6 is 11.8 Å². The SMILES string of the molecule is CCCCCCCCCCCCSCCCOC(=O)NCCN(C)C. The topological polar surface area (TPSA) is 41.6 Å². The van der Waals surface area contributed by atoms with Crippen molar-refractivity contribution in [3.8, 4) is 0 Å². The fourth-order valence-corrected chi connectivity index (χ4v) is 3.49. The van der Waals surface area contributed by atoms with Gasteiger partial charge in [-0.15, -0.1) is 0 Å². The molecule has 0 saturated carbocycles. The summed E-state index contributed by atoms with van der Waals surface area (Å²) in [5.41, 5.74) is 0.